The number of hydrogen-bond acceptors (Lipinski definition) is 4. The zero-order valence-corrected chi connectivity index (χ0v) is 8.48. The maximum atomic E-state index is 11.5. The summed E-state index contributed by atoms with van der Waals surface area (Å²) in [5, 5.41) is 4.45. The van der Waals surface area contributed by atoms with E-state index in [-0.39, 0.29) is 6.54 Å². The van der Waals surface area contributed by atoms with Crippen LogP contribution < -0.4 is 0 Å². The molecule has 3 amide bonds. The number of nitrogens with zero attached hydrogens (tertiary/aromatic N) is 3. The minimum Gasteiger partial charge on any atom is -0.495 e. The summed E-state index contributed by atoms with van der Waals surface area (Å²) in [6.45, 7) is 0.968. The highest BCUT2D eigenvalue weighted by molar-refractivity contribution is 6.64. The lowest BCUT2D eigenvalue weighted by Crippen LogP contribution is -2.31. The molecular formula is C8H8ClN3O3. The Bertz CT molecular complexity index is 366. The highest BCUT2D eigenvalue weighted by atomic mass is 35.5. The molecule has 80 valence electrons. The number of imide groups is 1. The van der Waals surface area contributed by atoms with Crippen molar-refractivity contribution in [3.63, 3.8) is 0 Å². The van der Waals surface area contributed by atoms with Crippen LogP contribution in [0.1, 0.15) is 0 Å². The lowest BCUT2D eigenvalue weighted by molar-refractivity contribution is 0.195. The highest BCUT2D eigenvalue weighted by Gasteiger charge is 2.32. The van der Waals surface area contributed by atoms with Crippen molar-refractivity contribution in [2.45, 2.75) is 0 Å². The summed E-state index contributed by atoms with van der Waals surface area (Å²) in [5.74, 6) is 0. The first kappa shape index (κ1) is 9.97. The topological polar surface area (TPSA) is 62.2 Å². The van der Waals surface area contributed by atoms with Crippen LogP contribution in [0, 0.1) is 0 Å². The van der Waals surface area contributed by atoms with Crippen LogP contribution in [0.25, 0.3) is 0 Å². The Morgan fingerprint density at radius 3 is 2.87 bits per heavy atom. The van der Waals surface area contributed by atoms with Crippen LogP contribution in [0.4, 0.5) is 9.59 Å². The normalized spacial score (nSPS) is 22.7. The fourth-order valence-corrected chi connectivity index (χ4v) is 1.46. The van der Waals surface area contributed by atoms with E-state index in [2.05, 4.69) is 5.10 Å². The van der Waals surface area contributed by atoms with Crippen LogP contribution in [0.2, 0.25) is 0 Å². The van der Waals surface area contributed by atoms with Gasteiger partial charge >= 0.3 is 11.4 Å². The summed E-state index contributed by atoms with van der Waals surface area (Å²) in [7, 11) is 0. The van der Waals surface area contributed by atoms with Gasteiger partial charge in [0.1, 0.15) is 12.3 Å². The van der Waals surface area contributed by atoms with E-state index in [4.69, 9.17) is 16.3 Å². The van der Waals surface area contributed by atoms with Gasteiger partial charge in [-0.1, -0.05) is 0 Å². The Morgan fingerprint density at radius 2 is 2.33 bits per heavy atom. The molecule has 2 heterocycles. The molecule has 0 aliphatic carbocycles. The van der Waals surface area contributed by atoms with Crippen molar-refractivity contribution in [1.29, 1.82) is 0 Å². The van der Waals surface area contributed by atoms with E-state index in [1.807, 2.05) is 0 Å². The number of urea groups is 1. The quantitative estimate of drug-likeness (QED) is 0.497. The van der Waals surface area contributed by atoms with E-state index in [0.717, 1.165) is 4.90 Å². The first-order valence-electron chi connectivity index (χ1n) is 4.32. The van der Waals surface area contributed by atoms with Gasteiger partial charge in [0.05, 0.1) is 19.4 Å². The second kappa shape index (κ2) is 3.90. The molecule has 2 rings (SSSR count). The van der Waals surface area contributed by atoms with Crippen molar-refractivity contribution >= 4 is 28.7 Å². The van der Waals surface area contributed by atoms with Crippen molar-refractivity contribution in [1.82, 2.24) is 9.91 Å². The lowest BCUT2D eigenvalue weighted by Gasteiger charge is -2.10. The zero-order valence-electron chi connectivity index (χ0n) is 7.72. The molecule has 2 aliphatic heterocycles. The van der Waals surface area contributed by atoms with Crippen molar-refractivity contribution in [2.75, 3.05) is 19.7 Å². The van der Waals surface area contributed by atoms with E-state index in [0.29, 0.717) is 18.9 Å². The van der Waals surface area contributed by atoms with Crippen molar-refractivity contribution < 1.29 is 14.3 Å². The lowest BCUT2D eigenvalue weighted by atomic mass is 10.4. The van der Waals surface area contributed by atoms with E-state index >= 15 is 0 Å². The molecule has 0 aromatic rings. The van der Waals surface area contributed by atoms with E-state index in [9.17, 15) is 9.59 Å². The predicted octanol–water partition coefficient (Wildman–Crippen LogP) is 0.983. The van der Waals surface area contributed by atoms with Crippen molar-refractivity contribution in [3.05, 3.63) is 12.3 Å². The molecule has 0 aromatic heterocycles. The Labute approximate surface area is 90.7 Å². The standard InChI is InChI=1S/C8H8ClN3O3/c9-7(13)11-2-3-12(8(11)14)10-6-1-4-15-5-6/h1,4H,2-3,5H2. The number of amides is 3. The third-order valence-electron chi connectivity index (χ3n) is 2.04. The maximum Gasteiger partial charge on any atom is 0.348 e. The van der Waals surface area contributed by atoms with Crippen LogP contribution in [0.5, 0.6) is 0 Å². The smallest absolute Gasteiger partial charge is 0.348 e. The number of carbonyl (C=O) groups excluding carboxylic acids is 2. The Hall–Kier alpha value is -1.56. The van der Waals surface area contributed by atoms with Gasteiger partial charge in [0, 0.05) is 0 Å². The second-order valence-corrected chi connectivity index (χ2v) is 3.34. The molecule has 0 spiro atoms. The molecule has 0 bridgehead atoms. The molecule has 1 fully saturated rings. The minimum absolute atomic E-state index is 0.266. The van der Waals surface area contributed by atoms with Crippen LogP contribution in [-0.2, 0) is 4.74 Å². The van der Waals surface area contributed by atoms with Gasteiger partial charge in [0.15, 0.2) is 0 Å². The number of hydrogen-bond donors (Lipinski definition) is 0. The molecule has 2 aliphatic rings. The maximum absolute atomic E-state index is 11.5. The average Bonchev–Trinajstić information content (AvgIpc) is 2.78. The molecule has 0 unspecified atom stereocenters. The van der Waals surface area contributed by atoms with Gasteiger partial charge in [0.2, 0.25) is 0 Å². The Morgan fingerprint density at radius 1 is 1.53 bits per heavy atom. The molecule has 15 heavy (non-hydrogen) atoms. The van der Waals surface area contributed by atoms with Gasteiger partial charge in [-0.3, -0.25) is 4.79 Å². The number of rotatable bonds is 1. The van der Waals surface area contributed by atoms with Gasteiger partial charge in [-0.25, -0.2) is 14.7 Å². The fraction of sp³-hybridized carbons (Fsp3) is 0.375. The van der Waals surface area contributed by atoms with Gasteiger partial charge in [-0.05, 0) is 17.7 Å². The van der Waals surface area contributed by atoms with E-state index in [1.165, 1.54) is 11.3 Å². The fourth-order valence-electron chi connectivity index (χ4n) is 1.31. The monoisotopic (exact) mass is 229 g/mol. The first-order chi connectivity index (χ1) is 7.18. The van der Waals surface area contributed by atoms with Gasteiger partial charge in [0.25, 0.3) is 0 Å². The minimum atomic E-state index is -0.777. The molecule has 6 nitrogen and oxygen atoms in total. The number of ether oxygens (including phenoxy) is 1. The van der Waals surface area contributed by atoms with Crippen LogP contribution in [0.15, 0.2) is 17.4 Å². The second-order valence-electron chi connectivity index (χ2n) is 3.02. The Kier molecular flexibility index (Phi) is 2.59. The van der Waals surface area contributed by atoms with Crippen molar-refractivity contribution in [3.8, 4) is 0 Å². The predicted molar refractivity (Wildman–Crippen MR) is 52.6 cm³/mol. The highest BCUT2D eigenvalue weighted by Crippen LogP contribution is 2.12. The molecule has 0 radical (unpaired) electrons. The molecule has 1 saturated heterocycles. The van der Waals surface area contributed by atoms with Gasteiger partial charge in [-0.15, -0.1) is 0 Å². The molecule has 7 heteroatoms. The first-order valence-corrected chi connectivity index (χ1v) is 4.70. The average molecular weight is 230 g/mol. The molecular weight excluding hydrogens is 222 g/mol. The molecule has 0 N–H and O–H groups in total. The largest absolute Gasteiger partial charge is 0.495 e. The van der Waals surface area contributed by atoms with E-state index in [1.54, 1.807) is 6.08 Å². The van der Waals surface area contributed by atoms with Gasteiger partial charge < -0.3 is 4.74 Å². The summed E-state index contributed by atoms with van der Waals surface area (Å²) < 4.78 is 4.92. The Balaban J connectivity index is 2.07. The van der Waals surface area contributed by atoms with Gasteiger partial charge in [-0.2, -0.15) is 5.10 Å². The summed E-state index contributed by atoms with van der Waals surface area (Å²) in [5.41, 5.74) is 0.646. The molecule has 0 aromatic carbocycles. The third-order valence-corrected chi connectivity index (χ3v) is 2.24. The molecule has 0 atom stereocenters. The van der Waals surface area contributed by atoms with Crippen LogP contribution >= 0.6 is 11.6 Å². The van der Waals surface area contributed by atoms with Crippen LogP contribution in [-0.4, -0.2) is 46.7 Å². The zero-order chi connectivity index (χ0) is 10.8. The summed E-state index contributed by atoms with van der Waals surface area (Å²) >= 11 is 5.21. The SMILES string of the molecule is O=C(Cl)N1CCN(N=C2C=COC2)C1=O. The number of hydrazone groups is 1. The van der Waals surface area contributed by atoms with Crippen molar-refractivity contribution in [2.24, 2.45) is 5.10 Å². The van der Waals surface area contributed by atoms with E-state index < -0.39 is 11.4 Å². The summed E-state index contributed by atoms with van der Waals surface area (Å²) in [4.78, 5) is 23.2. The summed E-state index contributed by atoms with van der Waals surface area (Å²) in [6, 6.07) is -0.497. The molecule has 0 saturated carbocycles. The third kappa shape index (κ3) is 1.94. The number of halogens is 1. The number of carbonyl (C=O) groups is 2. The van der Waals surface area contributed by atoms with Crippen LogP contribution in [0.3, 0.4) is 0 Å². The summed E-state index contributed by atoms with van der Waals surface area (Å²) in [6.07, 6.45) is 3.17.